The van der Waals surface area contributed by atoms with E-state index in [9.17, 15) is 9.59 Å². The van der Waals surface area contributed by atoms with Gasteiger partial charge in [-0.2, -0.15) is 15.0 Å². The fourth-order valence-corrected chi connectivity index (χ4v) is 5.15. The second kappa shape index (κ2) is 8.88. The molecule has 2 fully saturated rings. The monoisotopic (exact) mass is 480 g/mol. The van der Waals surface area contributed by atoms with Crippen molar-refractivity contribution in [3.8, 4) is 16.8 Å². The van der Waals surface area contributed by atoms with Gasteiger partial charge in [-0.3, -0.25) is 9.59 Å². The molecule has 2 atom stereocenters. The van der Waals surface area contributed by atoms with E-state index < -0.39 is 5.91 Å². The van der Waals surface area contributed by atoms with E-state index >= 15 is 0 Å². The first-order chi connectivity index (χ1) is 17.6. The van der Waals surface area contributed by atoms with Gasteiger partial charge in [-0.25, -0.2) is 9.97 Å². The Hall–Kier alpha value is -4.60. The Morgan fingerprint density at radius 1 is 0.833 bits per heavy atom. The van der Waals surface area contributed by atoms with Crippen molar-refractivity contribution in [2.75, 3.05) is 31.1 Å². The van der Waals surface area contributed by atoms with E-state index in [-0.39, 0.29) is 5.91 Å². The van der Waals surface area contributed by atoms with Crippen LogP contribution in [0.4, 0.5) is 5.95 Å². The van der Waals surface area contributed by atoms with Gasteiger partial charge in [0, 0.05) is 61.5 Å². The van der Waals surface area contributed by atoms with Crippen LogP contribution in [-0.4, -0.2) is 67.9 Å². The molecule has 4 heterocycles. The van der Waals surface area contributed by atoms with Crippen molar-refractivity contribution < 1.29 is 9.59 Å². The molecule has 2 amide bonds. The van der Waals surface area contributed by atoms with Crippen molar-refractivity contribution in [1.29, 1.82) is 0 Å². The van der Waals surface area contributed by atoms with Crippen molar-refractivity contribution in [2.24, 2.45) is 17.6 Å². The van der Waals surface area contributed by atoms with Gasteiger partial charge in [0.2, 0.25) is 11.9 Å². The molecule has 0 bridgehead atoms. The Balaban J connectivity index is 1.13. The van der Waals surface area contributed by atoms with E-state index in [1.807, 2.05) is 35.2 Å². The standard InChI is InChI=1S/C26H24N8O2/c27-24(35)18-5-3-4-17(10-18)19-11-28-26(29-12-19)33-15-20-13-32(14-21(20)16-33)25(36)22-6-1-2-7-23(22)34-30-8-9-31-34/h1-12,20-21H,13-16H2,(H2,27,35). The van der Waals surface area contributed by atoms with Crippen LogP contribution in [-0.2, 0) is 0 Å². The molecule has 2 aliphatic heterocycles. The largest absolute Gasteiger partial charge is 0.366 e. The third-order valence-electron chi connectivity index (χ3n) is 6.94. The van der Waals surface area contributed by atoms with Gasteiger partial charge >= 0.3 is 0 Å². The summed E-state index contributed by atoms with van der Waals surface area (Å²) < 4.78 is 0. The number of hydrogen-bond donors (Lipinski definition) is 1. The predicted octanol–water partition coefficient (Wildman–Crippen LogP) is 2.03. The van der Waals surface area contributed by atoms with E-state index in [0.29, 0.717) is 47.7 Å². The highest BCUT2D eigenvalue weighted by atomic mass is 16.2. The van der Waals surface area contributed by atoms with Gasteiger partial charge in [0.1, 0.15) is 0 Å². The summed E-state index contributed by atoms with van der Waals surface area (Å²) in [6, 6.07) is 14.6. The SMILES string of the molecule is NC(=O)c1cccc(-c2cnc(N3CC4CN(C(=O)c5ccccc5-n5nccn5)CC4C3)nc2)c1. The number of carbonyl (C=O) groups excluding carboxylic acids is 2. The summed E-state index contributed by atoms with van der Waals surface area (Å²) in [6.07, 6.45) is 6.74. The van der Waals surface area contributed by atoms with Crippen LogP contribution in [0, 0.1) is 11.8 Å². The highest BCUT2D eigenvalue weighted by Crippen LogP contribution is 2.34. The van der Waals surface area contributed by atoms with Crippen molar-refractivity contribution in [2.45, 2.75) is 0 Å². The molecule has 0 spiro atoms. The number of aromatic nitrogens is 5. The molecule has 2 saturated heterocycles. The predicted molar refractivity (Wildman–Crippen MR) is 132 cm³/mol. The molecule has 180 valence electrons. The topological polar surface area (TPSA) is 123 Å². The number of hydrogen-bond acceptors (Lipinski definition) is 7. The maximum absolute atomic E-state index is 13.4. The molecular weight excluding hydrogens is 456 g/mol. The summed E-state index contributed by atoms with van der Waals surface area (Å²) in [6.45, 7) is 2.98. The van der Waals surface area contributed by atoms with Gasteiger partial charge in [0.25, 0.3) is 5.91 Å². The van der Waals surface area contributed by atoms with Crippen molar-refractivity contribution >= 4 is 17.8 Å². The summed E-state index contributed by atoms with van der Waals surface area (Å²) in [7, 11) is 0. The molecule has 6 rings (SSSR count). The molecule has 2 unspecified atom stereocenters. The molecule has 2 N–H and O–H groups in total. The maximum atomic E-state index is 13.4. The van der Waals surface area contributed by atoms with E-state index in [1.54, 1.807) is 43.0 Å². The third-order valence-corrected chi connectivity index (χ3v) is 6.94. The zero-order valence-corrected chi connectivity index (χ0v) is 19.4. The Kier molecular flexibility index (Phi) is 5.40. The minimum absolute atomic E-state index is 0.00245. The number of para-hydroxylation sites is 1. The number of benzene rings is 2. The van der Waals surface area contributed by atoms with Crippen molar-refractivity contribution in [3.63, 3.8) is 0 Å². The van der Waals surface area contributed by atoms with Crippen molar-refractivity contribution in [3.05, 3.63) is 84.4 Å². The van der Waals surface area contributed by atoms with Gasteiger partial charge in [-0.15, -0.1) is 0 Å². The van der Waals surface area contributed by atoms with Crippen LogP contribution in [0.3, 0.4) is 0 Å². The number of carbonyl (C=O) groups is 2. The van der Waals surface area contributed by atoms with Crippen LogP contribution in [0.15, 0.2) is 73.3 Å². The minimum Gasteiger partial charge on any atom is -0.366 e. The van der Waals surface area contributed by atoms with E-state index in [4.69, 9.17) is 5.73 Å². The first-order valence-electron chi connectivity index (χ1n) is 11.8. The highest BCUT2D eigenvalue weighted by molar-refractivity contribution is 5.98. The lowest BCUT2D eigenvalue weighted by molar-refractivity contribution is 0.0782. The molecule has 2 aromatic heterocycles. The van der Waals surface area contributed by atoms with Crippen LogP contribution in [0.2, 0.25) is 0 Å². The summed E-state index contributed by atoms with van der Waals surface area (Å²) in [5, 5.41) is 8.38. The molecule has 0 saturated carbocycles. The summed E-state index contributed by atoms with van der Waals surface area (Å²) >= 11 is 0. The van der Waals surface area contributed by atoms with Crippen molar-refractivity contribution in [1.82, 2.24) is 29.9 Å². The smallest absolute Gasteiger partial charge is 0.256 e. The van der Waals surface area contributed by atoms with Crippen LogP contribution < -0.4 is 10.6 Å². The van der Waals surface area contributed by atoms with Crippen LogP contribution in [0.5, 0.6) is 0 Å². The molecular formula is C26H24N8O2. The molecule has 0 aliphatic carbocycles. The molecule has 10 heteroatoms. The van der Waals surface area contributed by atoms with Crippen LogP contribution >= 0.6 is 0 Å². The second-order valence-electron chi connectivity index (χ2n) is 9.19. The van der Waals surface area contributed by atoms with E-state index in [0.717, 1.165) is 24.2 Å². The Labute approximate surface area is 207 Å². The lowest BCUT2D eigenvalue weighted by Crippen LogP contribution is -2.34. The third kappa shape index (κ3) is 3.96. The fourth-order valence-electron chi connectivity index (χ4n) is 5.15. The molecule has 2 aromatic carbocycles. The lowest BCUT2D eigenvalue weighted by Gasteiger charge is -2.22. The van der Waals surface area contributed by atoms with Crippen LogP contribution in [0.25, 0.3) is 16.8 Å². The zero-order valence-electron chi connectivity index (χ0n) is 19.4. The number of amides is 2. The maximum Gasteiger partial charge on any atom is 0.256 e. The van der Waals surface area contributed by atoms with Crippen LogP contribution in [0.1, 0.15) is 20.7 Å². The zero-order chi connectivity index (χ0) is 24.6. The lowest BCUT2D eigenvalue weighted by atomic mass is 10.0. The average Bonchev–Trinajstić information content (AvgIpc) is 3.66. The van der Waals surface area contributed by atoms with Gasteiger partial charge in [-0.05, 0) is 29.8 Å². The Morgan fingerprint density at radius 2 is 1.53 bits per heavy atom. The Morgan fingerprint density at radius 3 is 2.22 bits per heavy atom. The number of likely N-dealkylation sites (tertiary alicyclic amines) is 1. The number of fused-ring (bicyclic) bond motifs is 1. The summed E-state index contributed by atoms with van der Waals surface area (Å²) in [5.41, 5.74) is 8.79. The normalized spacial score (nSPS) is 18.9. The number of rotatable bonds is 5. The molecule has 4 aromatic rings. The number of anilines is 1. The molecule has 2 aliphatic rings. The first-order valence-corrected chi connectivity index (χ1v) is 11.8. The minimum atomic E-state index is -0.466. The quantitative estimate of drug-likeness (QED) is 0.464. The number of nitrogens with zero attached hydrogens (tertiary/aromatic N) is 7. The van der Waals surface area contributed by atoms with Gasteiger partial charge < -0.3 is 15.5 Å². The van der Waals surface area contributed by atoms with E-state index in [1.165, 1.54) is 4.80 Å². The average molecular weight is 481 g/mol. The Bertz CT molecular complexity index is 1410. The molecule has 0 radical (unpaired) electrons. The second-order valence-corrected chi connectivity index (χ2v) is 9.19. The number of primary amides is 1. The fraction of sp³-hybridized carbons (Fsp3) is 0.231. The van der Waals surface area contributed by atoms with Gasteiger partial charge in [0.05, 0.1) is 23.6 Å². The highest BCUT2D eigenvalue weighted by Gasteiger charge is 2.42. The van der Waals surface area contributed by atoms with Gasteiger partial charge in [-0.1, -0.05) is 24.3 Å². The first kappa shape index (κ1) is 21.9. The van der Waals surface area contributed by atoms with E-state index in [2.05, 4.69) is 25.1 Å². The molecule has 10 nitrogen and oxygen atoms in total. The molecule has 36 heavy (non-hydrogen) atoms. The summed E-state index contributed by atoms with van der Waals surface area (Å²) in [4.78, 5) is 39.6. The van der Waals surface area contributed by atoms with Gasteiger partial charge in [0.15, 0.2) is 0 Å². The summed E-state index contributed by atoms with van der Waals surface area (Å²) in [5.74, 6) is 0.931. The number of nitrogens with two attached hydrogens (primary N) is 1.